The number of imide groups is 1. The molecule has 0 aromatic carbocycles. The van der Waals surface area contributed by atoms with Crippen LogP contribution in [0.25, 0.3) is 0 Å². The quantitative estimate of drug-likeness (QED) is 0.652. The molecule has 0 heterocycles. The highest BCUT2D eigenvalue weighted by molar-refractivity contribution is 5.95. The van der Waals surface area contributed by atoms with Gasteiger partial charge in [0.25, 0.3) is 0 Å². The minimum Gasteiger partial charge on any atom is -0.338 e. The number of amides is 3. The topological polar surface area (TPSA) is 87.5 Å². The van der Waals surface area contributed by atoms with Crippen molar-refractivity contribution in [2.75, 3.05) is 26.7 Å². The predicted octanol–water partition coefficient (Wildman–Crippen LogP) is 0.918. The third-order valence-electron chi connectivity index (χ3n) is 4.14. The Labute approximate surface area is 127 Å². The van der Waals surface area contributed by atoms with Crippen molar-refractivity contribution in [3.8, 4) is 0 Å². The molecule has 6 heteroatoms. The first-order valence-corrected chi connectivity index (χ1v) is 7.92. The summed E-state index contributed by atoms with van der Waals surface area (Å²) in [5, 5.41) is 5.08. The summed E-state index contributed by atoms with van der Waals surface area (Å²) in [5.74, 6) is 0.729. The molecule has 4 N–H and O–H groups in total. The molecule has 0 radical (unpaired) electrons. The molecule has 122 valence electrons. The molecule has 21 heavy (non-hydrogen) atoms. The van der Waals surface area contributed by atoms with Crippen molar-refractivity contribution < 1.29 is 9.59 Å². The molecule has 1 fully saturated rings. The molecule has 1 aliphatic carbocycles. The maximum atomic E-state index is 11.9. The van der Waals surface area contributed by atoms with Gasteiger partial charge < -0.3 is 11.1 Å². The van der Waals surface area contributed by atoms with Crippen LogP contribution in [0.1, 0.15) is 39.5 Å². The van der Waals surface area contributed by atoms with E-state index in [2.05, 4.69) is 24.5 Å². The van der Waals surface area contributed by atoms with Crippen LogP contribution in [0.5, 0.6) is 0 Å². The number of nitrogens with two attached hydrogens (primary N) is 1. The first-order chi connectivity index (χ1) is 9.93. The highest BCUT2D eigenvalue weighted by atomic mass is 16.2. The summed E-state index contributed by atoms with van der Waals surface area (Å²) in [4.78, 5) is 25.5. The number of carbonyl (C=O) groups is 2. The Balaban J connectivity index is 2.27. The van der Waals surface area contributed by atoms with Gasteiger partial charge in [-0.3, -0.25) is 15.0 Å². The van der Waals surface area contributed by atoms with Gasteiger partial charge in [0.15, 0.2) is 0 Å². The van der Waals surface area contributed by atoms with Crippen molar-refractivity contribution in [1.82, 2.24) is 15.5 Å². The minimum atomic E-state index is -0.407. The number of nitrogens with one attached hydrogen (secondary N) is 2. The summed E-state index contributed by atoms with van der Waals surface area (Å²) in [7, 11) is 1.93. The smallest absolute Gasteiger partial charge is 0.321 e. The molecule has 2 atom stereocenters. The number of carbonyl (C=O) groups excluding carboxylic acids is 2. The second kappa shape index (κ2) is 9.00. The molecule has 1 rings (SSSR count). The van der Waals surface area contributed by atoms with Crippen LogP contribution < -0.4 is 16.4 Å². The number of urea groups is 1. The zero-order valence-electron chi connectivity index (χ0n) is 13.5. The van der Waals surface area contributed by atoms with Gasteiger partial charge in [-0.05, 0) is 44.7 Å². The van der Waals surface area contributed by atoms with Gasteiger partial charge in [-0.1, -0.05) is 20.3 Å². The fourth-order valence-electron chi connectivity index (χ4n) is 2.90. The van der Waals surface area contributed by atoms with E-state index in [1.807, 2.05) is 11.9 Å². The van der Waals surface area contributed by atoms with Crippen LogP contribution in [0.4, 0.5) is 4.79 Å². The maximum absolute atomic E-state index is 11.9. The van der Waals surface area contributed by atoms with Crippen molar-refractivity contribution in [2.24, 2.45) is 17.6 Å². The van der Waals surface area contributed by atoms with E-state index in [-0.39, 0.29) is 12.5 Å². The minimum absolute atomic E-state index is 0.235. The Morgan fingerprint density at radius 3 is 2.67 bits per heavy atom. The fraction of sp³-hybridized carbons (Fsp3) is 0.867. The van der Waals surface area contributed by atoms with Gasteiger partial charge in [-0.2, -0.15) is 0 Å². The van der Waals surface area contributed by atoms with Gasteiger partial charge in [0.1, 0.15) is 0 Å². The van der Waals surface area contributed by atoms with Crippen LogP contribution in [-0.4, -0.2) is 49.6 Å². The molecule has 0 aliphatic heterocycles. The Kier molecular flexibility index (Phi) is 7.67. The molecule has 0 saturated heterocycles. The summed E-state index contributed by atoms with van der Waals surface area (Å²) >= 11 is 0. The van der Waals surface area contributed by atoms with Crippen molar-refractivity contribution in [2.45, 2.75) is 45.6 Å². The highest BCUT2D eigenvalue weighted by Gasteiger charge is 2.30. The molecule has 0 bridgehead atoms. The van der Waals surface area contributed by atoms with Crippen LogP contribution in [0, 0.1) is 11.8 Å². The molecular weight excluding hydrogens is 268 g/mol. The van der Waals surface area contributed by atoms with Gasteiger partial charge in [0.05, 0.1) is 6.54 Å². The number of nitrogens with zero attached hydrogens (tertiary/aromatic N) is 1. The Hall–Kier alpha value is -1.14. The number of hydrogen-bond acceptors (Lipinski definition) is 4. The first kappa shape index (κ1) is 17.9. The van der Waals surface area contributed by atoms with Crippen molar-refractivity contribution >= 4 is 11.9 Å². The van der Waals surface area contributed by atoms with Gasteiger partial charge in [0, 0.05) is 12.6 Å². The third-order valence-corrected chi connectivity index (χ3v) is 4.14. The lowest BCUT2D eigenvalue weighted by Crippen LogP contribution is -2.47. The van der Waals surface area contributed by atoms with Crippen LogP contribution in [0.3, 0.4) is 0 Å². The second-order valence-corrected chi connectivity index (χ2v) is 6.40. The molecule has 6 nitrogen and oxygen atoms in total. The van der Waals surface area contributed by atoms with E-state index in [1.54, 1.807) is 0 Å². The van der Waals surface area contributed by atoms with Gasteiger partial charge in [-0.15, -0.1) is 0 Å². The van der Waals surface area contributed by atoms with E-state index in [4.69, 9.17) is 5.73 Å². The monoisotopic (exact) mass is 298 g/mol. The summed E-state index contributed by atoms with van der Waals surface area (Å²) in [6, 6.07) is -0.0550. The summed E-state index contributed by atoms with van der Waals surface area (Å²) in [5.41, 5.74) is 5.76. The van der Waals surface area contributed by atoms with Crippen molar-refractivity contribution in [3.05, 3.63) is 0 Å². The molecule has 0 aromatic rings. The number of likely N-dealkylation sites (N-methyl/N-ethyl adjacent to an activating group) is 1. The normalized spacial score (nSPS) is 21.8. The van der Waals surface area contributed by atoms with E-state index in [9.17, 15) is 9.59 Å². The molecular formula is C15H30N4O2. The zero-order chi connectivity index (χ0) is 15.8. The van der Waals surface area contributed by atoms with E-state index in [1.165, 1.54) is 0 Å². The second-order valence-electron chi connectivity index (χ2n) is 6.40. The molecule has 2 unspecified atom stereocenters. The van der Waals surface area contributed by atoms with E-state index < -0.39 is 6.03 Å². The number of rotatable bonds is 7. The molecule has 1 saturated carbocycles. The van der Waals surface area contributed by atoms with Crippen LogP contribution in [0.2, 0.25) is 0 Å². The van der Waals surface area contributed by atoms with Gasteiger partial charge >= 0.3 is 6.03 Å². The van der Waals surface area contributed by atoms with E-state index in [0.717, 1.165) is 25.7 Å². The maximum Gasteiger partial charge on any atom is 0.321 e. The lowest BCUT2D eigenvalue weighted by atomic mass is 10.0. The first-order valence-electron chi connectivity index (χ1n) is 7.92. The molecule has 1 aliphatic rings. The highest BCUT2D eigenvalue weighted by Crippen LogP contribution is 2.28. The van der Waals surface area contributed by atoms with Crippen LogP contribution in [-0.2, 0) is 4.79 Å². The van der Waals surface area contributed by atoms with E-state index in [0.29, 0.717) is 31.0 Å². The standard InChI is InChI=1S/C15H30N4O2/c1-11(2)7-8-17-15(21)18-14(20)10-19(3)13-6-4-5-12(13)9-16/h11-13H,4-10,16H2,1-3H3,(H2,17,18,20,21). The van der Waals surface area contributed by atoms with Crippen molar-refractivity contribution in [3.63, 3.8) is 0 Å². The third kappa shape index (κ3) is 6.44. The predicted molar refractivity (Wildman–Crippen MR) is 83.8 cm³/mol. The SMILES string of the molecule is CC(C)CCNC(=O)NC(=O)CN(C)C1CCCC1CN. The molecule has 0 aromatic heterocycles. The fourth-order valence-corrected chi connectivity index (χ4v) is 2.90. The Bertz CT molecular complexity index is 347. The lowest BCUT2D eigenvalue weighted by Gasteiger charge is -2.28. The van der Waals surface area contributed by atoms with Gasteiger partial charge in [-0.25, -0.2) is 4.79 Å². The van der Waals surface area contributed by atoms with E-state index >= 15 is 0 Å². The summed E-state index contributed by atoms with van der Waals surface area (Å²) in [6.45, 7) is 5.67. The summed E-state index contributed by atoms with van der Waals surface area (Å²) in [6.07, 6.45) is 4.27. The summed E-state index contributed by atoms with van der Waals surface area (Å²) < 4.78 is 0. The lowest BCUT2D eigenvalue weighted by molar-refractivity contribution is -0.121. The Morgan fingerprint density at radius 2 is 2.05 bits per heavy atom. The average molecular weight is 298 g/mol. The van der Waals surface area contributed by atoms with Gasteiger partial charge in [0.2, 0.25) is 5.91 Å². The van der Waals surface area contributed by atoms with Crippen LogP contribution in [0.15, 0.2) is 0 Å². The van der Waals surface area contributed by atoms with Crippen molar-refractivity contribution in [1.29, 1.82) is 0 Å². The Morgan fingerprint density at radius 1 is 1.33 bits per heavy atom. The number of hydrogen-bond donors (Lipinski definition) is 3. The molecule has 3 amide bonds. The average Bonchev–Trinajstić information content (AvgIpc) is 2.86. The molecule has 0 spiro atoms. The van der Waals surface area contributed by atoms with Crippen LogP contribution >= 0.6 is 0 Å². The zero-order valence-corrected chi connectivity index (χ0v) is 13.5. The largest absolute Gasteiger partial charge is 0.338 e.